The van der Waals surface area contributed by atoms with Crippen LogP contribution in [0, 0.1) is 0 Å². The summed E-state index contributed by atoms with van der Waals surface area (Å²) in [5, 5.41) is 0. The zero-order valence-corrected chi connectivity index (χ0v) is 9.62. The molecule has 0 aliphatic rings. The highest BCUT2D eigenvalue weighted by Gasteiger charge is 2.12. The predicted octanol–water partition coefficient (Wildman–Crippen LogP) is -1.41. The molecule has 0 fully saturated rings. The van der Waals surface area contributed by atoms with Gasteiger partial charge in [0.2, 0.25) is 5.91 Å². The maximum atomic E-state index is 10.8. The van der Waals surface area contributed by atoms with Crippen LogP contribution < -0.4 is 5.73 Å². The summed E-state index contributed by atoms with van der Waals surface area (Å²) >= 11 is 0. The molecule has 0 aliphatic heterocycles. The van der Waals surface area contributed by atoms with E-state index in [0.29, 0.717) is 18.2 Å². The quantitative estimate of drug-likeness (QED) is 0.665. The normalized spacial score (nSPS) is 12.4. The van der Waals surface area contributed by atoms with E-state index in [9.17, 15) is 30.7 Å². The fourth-order valence-corrected chi connectivity index (χ4v) is 2.16. The van der Waals surface area contributed by atoms with Crippen LogP contribution >= 0.6 is 0 Å². The molecule has 1 amide bonds. The number of rotatable bonds is 3. The fraction of sp³-hybridized carbons (Fsp3) is 0. The van der Waals surface area contributed by atoms with E-state index in [0.717, 1.165) is 0 Å². The van der Waals surface area contributed by atoms with Gasteiger partial charge < -0.3 is 14.8 Å². The molecule has 8 nitrogen and oxygen atoms in total. The largest absolute Gasteiger partial charge is 0.744 e. The molecule has 0 spiro atoms. The third-order valence-corrected chi connectivity index (χ3v) is 3.37. The van der Waals surface area contributed by atoms with Crippen molar-refractivity contribution in [2.24, 2.45) is 5.73 Å². The highest BCUT2D eigenvalue weighted by Crippen LogP contribution is 2.18. The molecule has 2 N–H and O–H groups in total. The van der Waals surface area contributed by atoms with Gasteiger partial charge in [0.25, 0.3) is 0 Å². The lowest BCUT2D eigenvalue weighted by molar-refractivity contribution is 0.1000. The number of hydrogen-bond donors (Lipinski definition) is 1. The van der Waals surface area contributed by atoms with Crippen molar-refractivity contribution in [1.29, 1.82) is 0 Å². The Morgan fingerprint density at radius 3 is 1.53 bits per heavy atom. The van der Waals surface area contributed by atoms with Crippen LogP contribution in [-0.2, 0) is 20.2 Å². The maximum Gasteiger partial charge on any atom is 0.248 e. The van der Waals surface area contributed by atoms with Gasteiger partial charge in [-0.15, -0.1) is 0 Å². The molecular formula is C7H5NO7S2-2. The van der Waals surface area contributed by atoms with Gasteiger partial charge in [-0.25, -0.2) is 16.8 Å². The van der Waals surface area contributed by atoms with Gasteiger partial charge in [-0.3, -0.25) is 4.79 Å². The van der Waals surface area contributed by atoms with Gasteiger partial charge in [0, 0.05) is 5.56 Å². The molecule has 1 aromatic carbocycles. The van der Waals surface area contributed by atoms with Crippen molar-refractivity contribution in [3.05, 3.63) is 23.8 Å². The molecule has 0 aromatic heterocycles. The van der Waals surface area contributed by atoms with Gasteiger partial charge in [0.05, 0.1) is 9.79 Å². The minimum Gasteiger partial charge on any atom is -0.744 e. The van der Waals surface area contributed by atoms with Crippen LogP contribution in [0.5, 0.6) is 0 Å². The van der Waals surface area contributed by atoms with E-state index in [4.69, 9.17) is 5.73 Å². The Kier molecular flexibility index (Phi) is 3.25. The molecule has 10 heteroatoms. The molecule has 0 aliphatic carbocycles. The van der Waals surface area contributed by atoms with Crippen LogP contribution in [0.25, 0.3) is 0 Å². The van der Waals surface area contributed by atoms with E-state index >= 15 is 0 Å². The molecule has 17 heavy (non-hydrogen) atoms. The Bertz CT molecular complexity index is 624. The standard InChI is InChI=1S/C7H7NO7S2/c8-7(9)4-1-5(16(10,11)12)3-6(2-4)17(13,14)15/h1-3H,(H2,8,9)(H,10,11,12)(H,13,14,15)/p-2. The number of nitrogens with two attached hydrogens (primary N) is 1. The van der Waals surface area contributed by atoms with Gasteiger partial charge >= 0.3 is 0 Å². The van der Waals surface area contributed by atoms with Crippen LogP contribution in [0.3, 0.4) is 0 Å². The van der Waals surface area contributed by atoms with Crippen LogP contribution in [0.4, 0.5) is 0 Å². The molecule has 0 atom stereocenters. The van der Waals surface area contributed by atoms with Crippen molar-refractivity contribution in [3.63, 3.8) is 0 Å². The van der Waals surface area contributed by atoms with E-state index < -0.39 is 41.5 Å². The molecular weight excluding hydrogens is 274 g/mol. The first-order valence-corrected chi connectivity index (χ1v) is 6.70. The average molecular weight is 279 g/mol. The number of primary amides is 1. The number of hydrogen-bond acceptors (Lipinski definition) is 7. The SMILES string of the molecule is NC(=O)c1cc(S(=O)(=O)[O-])cc(S(=O)(=O)[O-])c1. The highest BCUT2D eigenvalue weighted by atomic mass is 32.2. The van der Waals surface area contributed by atoms with Crippen molar-refractivity contribution in [1.82, 2.24) is 0 Å². The van der Waals surface area contributed by atoms with Gasteiger partial charge in [-0.05, 0) is 18.2 Å². The lowest BCUT2D eigenvalue weighted by Gasteiger charge is -2.13. The molecule has 0 radical (unpaired) electrons. The molecule has 1 aromatic rings. The van der Waals surface area contributed by atoms with E-state index in [1.165, 1.54) is 0 Å². The first-order valence-electron chi connectivity index (χ1n) is 3.88. The summed E-state index contributed by atoms with van der Waals surface area (Å²) in [7, 11) is -10.0. The molecule has 1 rings (SSSR count). The smallest absolute Gasteiger partial charge is 0.248 e. The Balaban J connectivity index is 3.68. The predicted molar refractivity (Wildman–Crippen MR) is 50.9 cm³/mol. The van der Waals surface area contributed by atoms with Crippen molar-refractivity contribution in [2.75, 3.05) is 0 Å². The van der Waals surface area contributed by atoms with Gasteiger partial charge in [0.15, 0.2) is 0 Å². The lowest BCUT2D eigenvalue weighted by atomic mass is 10.2. The van der Waals surface area contributed by atoms with E-state index in [-0.39, 0.29) is 0 Å². The zero-order chi connectivity index (χ0) is 13.4. The van der Waals surface area contributed by atoms with Crippen molar-refractivity contribution in [3.8, 4) is 0 Å². The van der Waals surface area contributed by atoms with Crippen LogP contribution in [0.15, 0.2) is 28.0 Å². The van der Waals surface area contributed by atoms with E-state index in [2.05, 4.69) is 0 Å². The van der Waals surface area contributed by atoms with E-state index in [1.807, 2.05) is 0 Å². The lowest BCUT2D eigenvalue weighted by Crippen LogP contribution is -2.14. The van der Waals surface area contributed by atoms with Gasteiger partial charge in [0.1, 0.15) is 20.2 Å². The Morgan fingerprint density at radius 1 is 0.941 bits per heavy atom. The summed E-state index contributed by atoms with van der Waals surface area (Å²) < 4.78 is 64.1. The molecule has 0 bridgehead atoms. The second-order valence-corrected chi connectivity index (χ2v) is 5.72. The summed E-state index contributed by atoms with van der Waals surface area (Å²) in [5.41, 5.74) is 4.25. The summed E-state index contributed by atoms with van der Waals surface area (Å²) in [6.45, 7) is 0. The first-order chi connectivity index (χ1) is 7.51. The number of benzene rings is 1. The molecule has 0 unspecified atom stereocenters. The minimum absolute atomic E-state index is 0.372. The van der Waals surface area contributed by atoms with Crippen molar-refractivity contribution in [2.45, 2.75) is 9.79 Å². The highest BCUT2D eigenvalue weighted by molar-refractivity contribution is 7.86. The summed E-state index contributed by atoms with van der Waals surface area (Å²) in [6, 6.07) is 1.57. The van der Waals surface area contributed by atoms with E-state index in [1.54, 1.807) is 0 Å². The van der Waals surface area contributed by atoms with Crippen molar-refractivity contribution >= 4 is 26.1 Å². The van der Waals surface area contributed by atoms with Crippen LogP contribution in [-0.4, -0.2) is 31.8 Å². The topological polar surface area (TPSA) is 157 Å². The maximum absolute atomic E-state index is 10.8. The van der Waals surface area contributed by atoms with Gasteiger partial charge in [-0.2, -0.15) is 0 Å². The Morgan fingerprint density at radius 2 is 1.29 bits per heavy atom. The average Bonchev–Trinajstić information content (AvgIpc) is 2.14. The van der Waals surface area contributed by atoms with Crippen LogP contribution in [0.2, 0.25) is 0 Å². The first kappa shape index (κ1) is 13.6. The molecule has 0 heterocycles. The Hall–Kier alpha value is -1.49. The summed E-state index contributed by atoms with van der Waals surface area (Å²) in [6.07, 6.45) is 0. The third kappa shape index (κ3) is 3.23. The summed E-state index contributed by atoms with van der Waals surface area (Å²) in [5.74, 6) is -1.17. The van der Waals surface area contributed by atoms with Crippen LogP contribution in [0.1, 0.15) is 10.4 Å². The summed E-state index contributed by atoms with van der Waals surface area (Å²) in [4.78, 5) is 8.77. The minimum atomic E-state index is -5.00. The zero-order valence-electron chi connectivity index (χ0n) is 7.98. The second kappa shape index (κ2) is 4.07. The Labute approximate surface area is 96.6 Å². The fourth-order valence-electron chi connectivity index (χ4n) is 1.00. The third-order valence-electron chi connectivity index (χ3n) is 1.74. The number of carbonyl (C=O) groups excluding carboxylic acids is 1. The molecule has 0 saturated heterocycles. The monoisotopic (exact) mass is 279 g/mol. The van der Waals surface area contributed by atoms with Gasteiger partial charge in [-0.1, -0.05) is 0 Å². The number of amides is 1. The molecule has 94 valence electrons. The van der Waals surface area contributed by atoms with Crippen molar-refractivity contribution < 1.29 is 30.7 Å². The number of carbonyl (C=O) groups is 1. The second-order valence-electron chi connectivity index (χ2n) is 2.97. The molecule has 0 saturated carbocycles.